The second-order valence-corrected chi connectivity index (χ2v) is 11.1. The molecule has 1 aliphatic heterocycles. The van der Waals surface area contributed by atoms with Crippen molar-refractivity contribution in [3.63, 3.8) is 0 Å². The Morgan fingerprint density at radius 1 is 0.477 bits per heavy atom. The Bertz CT molecular complexity index is 2230. The molecule has 0 atom stereocenters. The minimum atomic E-state index is 0.977. The summed E-state index contributed by atoms with van der Waals surface area (Å²) >= 11 is 0. The highest BCUT2D eigenvalue weighted by Gasteiger charge is 2.24. The van der Waals surface area contributed by atoms with E-state index in [1.807, 2.05) is 0 Å². The molecule has 2 heterocycles. The minimum Gasteiger partial charge on any atom is -0.315 e. The Hall–Kier alpha value is -5.86. The predicted octanol–water partition coefficient (Wildman–Crippen LogP) is 11.4. The van der Waals surface area contributed by atoms with Crippen LogP contribution in [0.1, 0.15) is 5.56 Å². The normalized spacial score (nSPS) is 14.3. The SMILES string of the molecule is C=C1/C=C\C=C/N(c2cccc(-c3ccccc3)c2)c2c1ccc1c3ccccc3n(-c3cccc(-c4ccccc4)c3)c21. The lowest BCUT2D eigenvalue weighted by Gasteiger charge is -2.27. The summed E-state index contributed by atoms with van der Waals surface area (Å²) in [6.07, 6.45) is 8.45. The lowest BCUT2D eigenvalue weighted by atomic mass is 9.98. The van der Waals surface area contributed by atoms with Crippen LogP contribution in [0, 0.1) is 0 Å². The third-order valence-corrected chi connectivity index (χ3v) is 8.48. The summed E-state index contributed by atoms with van der Waals surface area (Å²) in [5.41, 5.74) is 12.5. The second-order valence-electron chi connectivity index (χ2n) is 11.1. The van der Waals surface area contributed by atoms with Gasteiger partial charge in [-0.1, -0.05) is 134 Å². The summed E-state index contributed by atoms with van der Waals surface area (Å²) in [5, 5.41) is 2.43. The van der Waals surface area contributed by atoms with Crippen LogP contribution in [-0.4, -0.2) is 4.57 Å². The summed E-state index contributed by atoms with van der Waals surface area (Å²) < 4.78 is 2.43. The molecule has 0 fully saturated rings. The maximum Gasteiger partial charge on any atom is 0.0788 e. The molecule has 6 aromatic carbocycles. The quantitative estimate of drug-likeness (QED) is 0.207. The van der Waals surface area contributed by atoms with Crippen molar-refractivity contribution in [1.82, 2.24) is 4.57 Å². The minimum absolute atomic E-state index is 0.977. The van der Waals surface area contributed by atoms with Gasteiger partial charge in [0.1, 0.15) is 0 Å². The average molecular weight is 563 g/mol. The van der Waals surface area contributed by atoms with Gasteiger partial charge in [-0.05, 0) is 64.2 Å². The number of anilines is 2. The van der Waals surface area contributed by atoms with Gasteiger partial charge < -0.3 is 9.47 Å². The van der Waals surface area contributed by atoms with Crippen LogP contribution in [0.3, 0.4) is 0 Å². The molecule has 0 amide bonds. The van der Waals surface area contributed by atoms with Crippen molar-refractivity contribution in [3.8, 4) is 27.9 Å². The van der Waals surface area contributed by atoms with Crippen LogP contribution in [0.25, 0.3) is 55.3 Å². The molecule has 208 valence electrons. The van der Waals surface area contributed by atoms with E-state index in [2.05, 4.69) is 186 Å². The molecule has 0 unspecified atom stereocenters. The van der Waals surface area contributed by atoms with Crippen LogP contribution in [0.15, 0.2) is 177 Å². The summed E-state index contributed by atoms with van der Waals surface area (Å²) in [5.74, 6) is 0. The Kier molecular flexibility index (Phi) is 6.31. The van der Waals surface area contributed by atoms with Gasteiger partial charge in [-0.15, -0.1) is 0 Å². The van der Waals surface area contributed by atoms with Gasteiger partial charge in [0.2, 0.25) is 0 Å². The monoisotopic (exact) mass is 562 g/mol. The van der Waals surface area contributed by atoms with E-state index in [-0.39, 0.29) is 0 Å². The van der Waals surface area contributed by atoms with E-state index in [1.54, 1.807) is 0 Å². The topological polar surface area (TPSA) is 8.17 Å². The first-order valence-corrected chi connectivity index (χ1v) is 15.0. The fourth-order valence-electron chi connectivity index (χ4n) is 6.42. The Labute approximate surface area is 257 Å². The zero-order valence-corrected chi connectivity index (χ0v) is 24.3. The number of rotatable bonds is 4. The molecule has 44 heavy (non-hydrogen) atoms. The molecule has 1 aromatic heterocycles. The molecule has 1 aliphatic rings. The van der Waals surface area contributed by atoms with E-state index >= 15 is 0 Å². The van der Waals surface area contributed by atoms with Gasteiger partial charge in [0.25, 0.3) is 0 Å². The second kappa shape index (κ2) is 10.8. The number of fused-ring (bicyclic) bond motifs is 5. The maximum absolute atomic E-state index is 4.51. The predicted molar refractivity (Wildman–Crippen MR) is 188 cm³/mol. The van der Waals surface area contributed by atoms with E-state index in [4.69, 9.17) is 0 Å². The van der Waals surface area contributed by atoms with Crippen LogP contribution < -0.4 is 4.90 Å². The van der Waals surface area contributed by atoms with Crippen molar-refractivity contribution in [2.24, 2.45) is 0 Å². The standard InChI is InChI=1S/C42H30N2/c1-30-14-10-11-27-43(35-21-12-19-33(28-35)31-15-4-2-5-16-31)41-37(30)25-26-39-38-23-8-9-24-40(38)44(42(39)41)36-22-13-20-34(29-36)32-17-6-3-7-18-32/h2-29H,1H2/b14-10-,27-11-. The lowest BCUT2D eigenvalue weighted by molar-refractivity contribution is 1.16. The molecule has 0 spiro atoms. The fourth-order valence-corrected chi connectivity index (χ4v) is 6.42. The van der Waals surface area contributed by atoms with Gasteiger partial charge in [-0.2, -0.15) is 0 Å². The summed E-state index contributed by atoms with van der Waals surface area (Å²) in [6, 6.07) is 52.0. The molecule has 0 bridgehead atoms. The summed E-state index contributed by atoms with van der Waals surface area (Å²) in [6.45, 7) is 4.51. The van der Waals surface area contributed by atoms with E-state index < -0.39 is 0 Å². The number of allylic oxidation sites excluding steroid dienone is 4. The molecule has 2 heteroatoms. The molecular formula is C42H30N2. The lowest BCUT2D eigenvalue weighted by Crippen LogP contribution is -2.13. The van der Waals surface area contributed by atoms with Gasteiger partial charge >= 0.3 is 0 Å². The number of para-hydroxylation sites is 1. The highest BCUT2D eigenvalue weighted by atomic mass is 15.1. The van der Waals surface area contributed by atoms with Gasteiger partial charge in [-0.3, -0.25) is 0 Å². The number of aromatic nitrogens is 1. The zero-order valence-electron chi connectivity index (χ0n) is 24.3. The highest BCUT2D eigenvalue weighted by molar-refractivity contribution is 6.16. The fraction of sp³-hybridized carbons (Fsp3) is 0. The third kappa shape index (κ3) is 4.36. The Balaban J connectivity index is 1.44. The first-order valence-electron chi connectivity index (χ1n) is 15.0. The smallest absolute Gasteiger partial charge is 0.0788 e. The van der Waals surface area contributed by atoms with Crippen molar-refractivity contribution in [3.05, 3.63) is 182 Å². The van der Waals surface area contributed by atoms with Gasteiger partial charge in [0.15, 0.2) is 0 Å². The molecule has 0 N–H and O–H groups in total. The van der Waals surface area contributed by atoms with E-state index in [1.165, 1.54) is 38.5 Å². The van der Waals surface area contributed by atoms with Crippen molar-refractivity contribution < 1.29 is 0 Å². The molecule has 0 saturated carbocycles. The molecule has 0 saturated heterocycles. The number of hydrogen-bond donors (Lipinski definition) is 0. The van der Waals surface area contributed by atoms with Crippen molar-refractivity contribution in [2.75, 3.05) is 4.90 Å². The van der Waals surface area contributed by atoms with Crippen LogP contribution in [-0.2, 0) is 0 Å². The molecule has 8 rings (SSSR count). The van der Waals surface area contributed by atoms with Gasteiger partial charge in [0.05, 0.1) is 16.7 Å². The van der Waals surface area contributed by atoms with E-state index in [9.17, 15) is 0 Å². The van der Waals surface area contributed by atoms with Crippen molar-refractivity contribution in [1.29, 1.82) is 0 Å². The largest absolute Gasteiger partial charge is 0.315 e. The van der Waals surface area contributed by atoms with E-state index in [0.717, 1.165) is 33.7 Å². The highest BCUT2D eigenvalue weighted by Crippen LogP contribution is 2.45. The van der Waals surface area contributed by atoms with Crippen LogP contribution in [0.4, 0.5) is 11.4 Å². The summed E-state index contributed by atoms with van der Waals surface area (Å²) in [7, 11) is 0. The van der Waals surface area contributed by atoms with Crippen LogP contribution in [0.5, 0.6) is 0 Å². The zero-order chi connectivity index (χ0) is 29.5. The maximum atomic E-state index is 4.51. The van der Waals surface area contributed by atoms with E-state index in [0.29, 0.717) is 0 Å². The Morgan fingerprint density at radius 3 is 1.82 bits per heavy atom. The molecule has 0 aliphatic carbocycles. The average Bonchev–Trinajstić information content (AvgIpc) is 3.42. The summed E-state index contributed by atoms with van der Waals surface area (Å²) in [4.78, 5) is 2.33. The van der Waals surface area contributed by atoms with Gasteiger partial charge in [0, 0.05) is 33.9 Å². The first-order chi connectivity index (χ1) is 21.8. The number of nitrogens with zero attached hydrogens (tertiary/aromatic N) is 2. The molecular weight excluding hydrogens is 532 g/mol. The molecule has 0 radical (unpaired) electrons. The number of benzene rings is 6. The van der Waals surface area contributed by atoms with Crippen molar-refractivity contribution in [2.45, 2.75) is 0 Å². The molecule has 7 aromatic rings. The number of hydrogen-bond acceptors (Lipinski definition) is 1. The third-order valence-electron chi connectivity index (χ3n) is 8.48. The first kappa shape index (κ1) is 25.8. The van der Waals surface area contributed by atoms with Gasteiger partial charge in [-0.25, -0.2) is 0 Å². The Morgan fingerprint density at radius 2 is 1.09 bits per heavy atom. The van der Waals surface area contributed by atoms with Crippen LogP contribution in [0.2, 0.25) is 0 Å². The van der Waals surface area contributed by atoms with Crippen molar-refractivity contribution >= 4 is 38.8 Å². The van der Waals surface area contributed by atoms with Crippen LogP contribution >= 0.6 is 0 Å². The molecule has 2 nitrogen and oxygen atoms in total.